The summed E-state index contributed by atoms with van der Waals surface area (Å²) in [5.74, 6) is 0. The van der Waals surface area contributed by atoms with Crippen LogP contribution in [0.1, 0.15) is 10.4 Å². The maximum atomic E-state index is 11.2. The summed E-state index contributed by atoms with van der Waals surface area (Å²) < 4.78 is 4.78. The molecule has 0 saturated carbocycles. The summed E-state index contributed by atoms with van der Waals surface area (Å²) in [5.41, 5.74) is 0.783. The van der Waals surface area contributed by atoms with Gasteiger partial charge in [0.25, 0.3) is 5.24 Å². The van der Waals surface area contributed by atoms with Gasteiger partial charge in [-0.2, -0.15) is 0 Å². The van der Waals surface area contributed by atoms with Crippen molar-refractivity contribution in [2.45, 2.75) is 0 Å². The second kappa shape index (κ2) is 6.50. The molecule has 1 rings (SSSR count). The molecule has 0 atom stereocenters. The Kier molecular flexibility index (Phi) is 5.28. The van der Waals surface area contributed by atoms with Crippen LogP contribution < -0.4 is 5.32 Å². The van der Waals surface area contributed by atoms with Crippen molar-refractivity contribution < 1.29 is 14.3 Å². The molecule has 0 fully saturated rings. The number of amides is 1. The van der Waals surface area contributed by atoms with Gasteiger partial charge in [-0.1, -0.05) is 22.0 Å². The molecule has 0 saturated heterocycles. The lowest BCUT2D eigenvalue weighted by Crippen LogP contribution is -2.14. The molecule has 6 heteroatoms. The molecule has 4 nitrogen and oxygen atoms in total. The Morgan fingerprint density at radius 2 is 2.19 bits per heavy atom. The number of ether oxygens (including phenoxy) is 1. The lowest BCUT2D eigenvalue weighted by atomic mass is 10.2. The van der Waals surface area contributed by atoms with Crippen molar-refractivity contribution in [3.8, 4) is 0 Å². The van der Waals surface area contributed by atoms with E-state index in [2.05, 4.69) is 21.2 Å². The van der Waals surface area contributed by atoms with Crippen molar-refractivity contribution in [1.29, 1.82) is 0 Å². The van der Waals surface area contributed by atoms with Gasteiger partial charge in [0.2, 0.25) is 0 Å². The van der Waals surface area contributed by atoms with Crippen LogP contribution in [0.2, 0.25) is 0 Å². The summed E-state index contributed by atoms with van der Waals surface area (Å²) >= 11 is 8.43. The zero-order valence-electron chi connectivity index (χ0n) is 8.20. The smallest absolute Gasteiger partial charge is 0.411 e. The van der Waals surface area contributed by atoms with Crippen molar-refractivity contribution in [2.75, 3.05) is 17.3 Å². The van der Waals surface area contributed by atoms with Gasteiger partial charge in [0.15, 0.2) is 0 Å². The summed E-state index contributed by atoms with van der Waals surface area (Å²) in [6.45, 7) is 0.278. The summed E-state index contributed by atoms with van der Waals surface area (Å²) in [4.78, 5) is 22.1. The largest absolute Gasteiger partial charge is 0.448 e. The second-order valence-electron chi connectivity index (χ2n) is 2.80. The van der Waals surface area contributed by atoms with Gasteiger partial charge in [0, 0.05) is 16.6 Å². The summed E-state index contributed by atoms with van der Waals surface area (Å²) in [6.07, 6.45) is -0.571. The van der Waals surface area contributed by atoms with Crippen LogP contribution in [0, 0.1) is 0 Å². The molecule has 1 amide bonds. The summed E-state index contributed by atoms with van der Waals surface area (Å²) in [7, 11) is 0. The van der Waals surface area contributed by atoms with Gasteiger partial charge in [0.05, 0.1) is 0 Å². The molecule has 0 aliphatic heterocycles. The van der Waals surface area contributed by atoms with E-state index in [-0.39, 0.29) is 6.61 Å². The quantitative estimate of drug-likeness (QED) is 0.687. The van der Waals surface area contributed by atoms with E-state index in [1.54, 1.807) is 18.2 Å². The van der Waals surface area contributed by atoms with E-state index < -0.39 is 11.3 Å². The molecular formula is C10H9BrClNO3. The van der Waals surface area contributed by atoms with Gasteiger partial charge in [-0.3, -0.25) is 10.1 Å². The number of carbonyl (C=O) groups is 2. The number of rotatable bonds is 4. The monoisotopic (exact) mass is 305 g/mol. The fraction of sp³-hybridized carbons (Fsp3) is 0.200. The number of carbonyl (C=O) groups excluding carboxylic acids is 2. The fourth-order valence-corrected chi connectivity index (χ4v) is 1.28. The number of halogens is 2. The highest BCUT2D eigenvalue weighted by molar-refractivity contribution is 9.09. The van der Waals surface area contributed by atoms with Crippen LogP contribution in [0.25, 0.3) is 0 Å². The van der Waals surface area contributed by atoms with E-state index in [4.69, 9.17) is 16.3 Å². The van der Waals surface area contributed by atoms with Gasteiger partial charge in [-0.15, -0.1) is 0 Å². The predicted molar refractivity (Wildman–Crippen MR) is 65.4 cm³/mol. The predicted octanol–water partition coefficient (Wildman–Crippen LogP) is 3.01. The van der Waals surface area contributed by atoms with Gasteiger partial charge in [-0.25, -0.2) is 4.79 Å². The SMILES string of the molecule is O=C(Nc1cccc(C(=O)Cl)c1)OCCBr. The minimum absolute atomic E-state index is 0.278. The molecule has 86 valence electrons. The lowest BCUT2D eigenvalue weighted by molar-refractivity contribution is 0.108. The molecule has 0 aliphatic rings. The molecule has 0 heterocycles. The Balaban J connectivity index is 2.63. The highest BCUT2D eigenvalue weighted by Gasteiger charge is 2.05. The maximum Gasteiger partial charge on any atom is 0.411 e. The third kappa shape index (κ3) is 4.20. The minimum atomic E-state index is -0.572. The molecule has 0 radical (unpaired) electrons. The van der Waals surface area contributed by atoms with Crippen LogP contribution in [-0.2, 0) is 4.74 Å². The standard InChI is InChI=1S/C10H9BrClNO3/c11-4-5-16-10(15)13-8-3-1-2-7(6-8)9(12)14/h1-3,6H,4-5H2,(H,13,15). The first-order chi connectivity index (χ1) is 7.63. The number of nitrogens with one attached hydrogen (secondary N) is 1. The Hall–Kier alpha value is -1.07. The minimum Gasteiger partial charge on any atom is -0.448 e. The number of alkyl halides is 1. The first kappa shape index (κ1) is 13.0. The maximum absolute atomic E-state index is 11.2. The van der Waals surface area contributed by atoms with E-state index in [1.165, 1.54) is 6.07 Å². The molecule has 0 aliphatic carbocycles. The van der Waals surface area contributed by atoms with Crippen LogP contribution in [-0.4, -0.2) is 23.3 Å². The third-order valence-electron chi connectivity index (χ3n) is 1.65. The number of hydrogen-bond donors (Lipinski definition) is 1. The van der Waals surface area contributed by atoms with Gasteiger partial charge in [0.1, 0.15) is 6.61 Å². The van der Waals surface area contributed by atoms with Crippen molar-refractivity contribution >= 4 is 44.6 Å². The molecule has 1 aromatic carbocycles. The van der Waals surface area contributed by atoms with Gasteiger partial charge in [-0.05, 0) is 29.8 Å². The molecule has 0 bridgehead atoms. The zero-order chi connectivity index (χ0) is 12.0. The van der Waals surface area contributed by atoms with Crippen molar-refractivity contribution in [2.24, 2.45) is 0 Å². The first-order valence-corrected chi connectivity index (χ1v) is 5.93. The van der Waals surface area contributed by atoms with Crippen LogP contribution in [0.15, 0.2) is 24.3 Å². The fourth-order valence-electron chi connectivity index (χ4n) is 1.00. The normalized spacial score (nSPS) is 9.62. The van der Waals surface area contributed by atoms with Crippen LogP contribution in [0.3, 0.4) is 0 Å². The van der Waals surface area contributed by atoms with E-state index in [9.17, 15) is 9.59 Å². The highest BCUT2D eigenvalue weighted by Crippen LogP contribution is 2.12. The molecule has 1 aromatic rings. The van der Waals surface area contributed by atoms with Crippen molar-refractivity contribution in [3.05, 3.63) is 29.8 Å². The molecule has 0 aromatic heterocycles. The average molecular weight is 307 g/mol. The molecule has 0 unspecified atom stereocenters. The third-order valence-corrected chi connectivity index (χ3v) is 2.19. The average Bonchev–Trinajstić information content (AvgIpc) is 2.26. The molecule has 0 spiro atoms. The Bertz CT molecular complexity index is 397. The summed E-state index contributed by atoms with van der Waals surface area (Å²) in [5, 5.41) is 2.48. The Morgan fingerprint density at radius 1 is 1.44 bits per heavy atom. The van der Waals surface area contributed by atoms with Crippen LogP contribution in [0.5, 0.6) is 0 Å². The van der Waals surface area contributed by atoms with Gasteiger partial charge < -0.3 is 4.74 Å². The molecule has 1 N–H and O–H groups in total. The zero-order valence-corrected chi connectivity index (χ0v) is 10.5. The number of anilines is 1. The molecular weight excluding hydrogens is 297 g/mol. The van der Waals surface area contributed by atoms with E-state index >= 15 is 0 Å². The second-order valence-corrected chi connectivity index (χ2v) is 3.94. The summed E-state index contributed by atoms with van der Waals surface area (Å²) in [6, 6.07) is 6.30. The topological polar surface area (TPSA) is 55.4 Å². The van der Waals surface area contributed by atoms with E-state index in [1.807, 2.05) is 0 Å². The van der Waals surface area contributed by atoms with E-state index in [0.29, 0.717) is 16.6 Å². The Labute approximate surface area is 106 Å². The van der Waals surface area contributed by atoms with Crippen molar-refractivity contribution in [3.63, 3.8) is 0 Å². The van der Waals surface area contributed by atoms with Crippen molar-refractivity contribution in [1.82, 2.24) is 0 Å². The van der Waals surface area contributed by atoms with E-state index in [0.717, 1.165) is 0 Å². The first-order valence-electron chi connectivity index (χ1n) is 4.43. The van der Waals surface area contributed by atoms with Crippen LogP contribution in [0.4, 0.5) is 10.5 Å². The number of hydrogen-bond acceptors (Lipinski definition) is 3. The van der Waals surface area contributed by atoms with Gasteiger partial charge >= 0.3 is 6.09 Å². The highest BCUT2D eigenvalue weighted by atomic mass is 79.9. The molecule has 16 heavy (non-hydrogen) atoms. The van der Waals surface area contributed by atoms with Crippen LogP contribution >= 0.6 is 27.5 Å². The number of benzene rings is 1. The lowest BCUT2D eigenvalue weighted by Gasteiger charge is -2.06. The Morgan fingerprint density at radius 3 is 2.81 bits per heavy atom.